The molecule has 0 aromatic heterocycles. The van der Waals surface area contributed by atoms with Crippen molar-refractivity contribution < 1.29 is 10.3 Å². The molecule has 0 heterocycles. The first-order valence-electron chi connectivity index (χ1n) is 8.16. The molecule has 21 heavy (non-hydrogen) atoms. The summed E-state index contributed by atoms with van der Waals surface area (Å²) in [6.07, 6.45) is 6.71. The van der Waals surface area contributed by atoms with Crippen LogP contribution in [0.5, 0.6) is 5.75 Å². The average molecular weight is 285 g/mol. The normalized spacial score (nSPS) is 39.7. The second-order valence-electron chi connectivity index (χ2n) is 7.34. The number of hydrogen-bond donors (Lipinski definition) is 2. The van der Waals surface area contributed by atoms with Crippen LogP contribution in [0.4, 0.5) is 0 Å². The number of nitrogens with zero attached hydrogens (tertiary/aromatic N) is 1. The standard InChI is InChI=1S/C18H23NO2/c1-18-9-8-14-13-5-3-12(20)10-11(13)2-4-15(14)16(18)6-7-17(18)19-21/h3,5,10,14-16,20-21H,2,4,6-9H2,1H3/b19-17-/t14-,15-,16-,18+/m1/s1. The molecule has 112 valence electrons. The Labute approximate surface area is 125 Å². The van der Waals surface area contributed by atoms with Gasteiger partial charge in [-0.25, -0.2) is 0 Å². The van der Waals surface area contributed by atoms with E-state index in [-0.39, 0.29) is 5.41 Å². The Bertz CT molecular complexity index is 609. The van der Waals surface area contributed by atoms with Gasteiger partial charge < -0.3 is 10.3 Å². The highest BCUT2D eigenvalue weighted by molar-refractivity contribution is 5.92. The van der Waals surface area contributed by atoms with Crippen LogP contribution < -0.4 is 0 Å². The topological polar surface area (TPSA) is 52.8 Å². The molecule has 0 amide bonds. The highest BCUT2D eigenvalue weighted by Gasteiger charge is 2.53. The highest BCUT2D eigenvalue weighted by Crippen LogP contribution is 2.59. The van der Waals surface area contributed by atoms with Gasteiger partial charge in [0.25, 0.3) is 0 Å². The molecule has 1 aromatic rings. The molecule has 0 radical (unpaired) electrons. The monoisotopic (exact) mass is 285 g/mol. The third-order valence-electron chi connectivity index (χ3n) is 6.57. The van der Waals surface area contributed by atoms with Gasteiger partial charge in [0.05, 0.1) is 5.71 Å². The molecular formula is C18H23NO2. The van der Waals surface area contributed by atoms with Crippen LogP contribution in [0, 0.1) is 17.3 Å². The van der Waals surface area contributed by atoms with Crippen LogP contribution in [0.15, 0.2) is 23.4 Å². The minimum atomic E-state index is 0.115. The zero-order valence-corrected chi connectivity index (χ0v) is 12.5. The highest BCUT2D eigenvalue weighted by atomic mass is 16.4. The number of fused-ring (bicyclic) bond motifs is 5. The Morgan fingerprint density at radius 1 is 1.19 bits per heavy atom. The zero-order valence-electron chi connectivity index (χ0n) is 12.5. The van der Waals surface area contributed by atoms with E-state index in [1.54, 1.807) is 0 Å². The number of aromatic hydroxyl groups is 1. The second-order valence-corrected chi connectivity index (χ2v) is 7.34. The number of oxime groups is 1. The maximum absolute atomic E-state index is 9.70. The third kappa shape index (κ3) is 1.76. The molecule has 0 unspecified atom stereocenters. The molecule has 3 heteroatoms. The van der Waals surface area contributed by atoms with Crippen molar-refractivity contribution in [2.45, 2.75) is 51.4 Å². The minimum absolute atomic E-state index is 0.115. The number of hydrogen-bond acceptors (Lipinski definition) is 3. The van der Waals surface area contributed by atoms with E-state index in [9.17, 15) is 10.3 Å². The largest absolute Gasteiger partial charge is 0.508 e. The van der Waals surface area contributed by atoms with Crippen LogP contribution in [0.25, 0.3) is 0 Å². The summed E-state index contributed by atoms with van der Waals surface area (Å²) in [7, 11) is 0. The molecule has 2 saturated carbocycles. The Hall–Kier alpha value is -1.51. The zero-order chi connectivity index (χ0) is 14.6. The van der Waals surface area contributed by atoms with Crippen molar-refractivity contribution in [2.75, 3.05) is 0 Å². The van der Waals surface area contributed by atoms with E-state index < -0.39 is 0 Å². The third-order valence-corrected chi connectivity index (χ3v) is 6.57. The summed E-state index contributed by atoms with van der Waals surface area (Å²) in [4.78, 5) is 0. The van der Waals surface area contributed by atoms with E-state index in [1.165, 1.54) is 30.4 Å². The van der Waals surface area contributed by atoms with Gasteiger partial charge in [-0.3, -0.25) is 0 Å². The van der Waals surface area contributed by atoms with Crippen molar-refractivity contribution in [2.24, 2.45) is 22.4 Å². The van der Waals surface area contributed by atoms with Crippen molar-refractivity contribution in [3.05, 3.63) is 29.3 Å². The van der Waals surface area contributed by atoms with Gasteiger partial charge >= 0.3 is 0 Å². The first kappa shape index (κ1) is 13.2. The quantitative estimate of drug-likeness (QED) is 0.557. The van der Waals surface area contributed by atoms with Gasteiger partial charge in [0, 0.05) is 5.41 Å². The fraction of sp³-hybridized carbons (Fsp3) is 0.611. The van der Waals surface area contributed by atoms with Crippen LogP contribution in [0.3, 0.4) is 0 Å². The fourth-order valence-corrected chi connectivity index (χ4v) is 5.52. The fourth-order valence-electron chi connectivity index (χ4n) is 5.52. The lowest BCUT2D eigenvalue weighted by atomic mass is 9.55. The van der Waals surface area contributed by atoms with E-state index >= 15 is 0 Å². The molecule has 3 aliphatic carbocycles. The smallest absolute Gasteiger partial charge is 0.115 e. The van der Waals surface area contributed by atoms with E-state index in [1.807, 2.05) is 12.1 Å². The molecule has 4 rings (SSSR count). The molecule has 3 nitrogen and oxygen atoms in total. The SMILES string of the molecule is C[C@]12CC[C@@H]3c4ccc(O)cc4CC[C@H]3[C@H]1CC/C2=N/O. The molecule has 0 bridgehead atoms. The number of phenolic OH excluding ortho intramolecular Hbond substituents is 1. The van der Waals surface area contributed by atoms with Gasteiger partial charge in [0.2, 0.25) is 0 Å². The van der Waals surface area contributed by atoms with Gasteiger partial charge in [-0.05, 0) is 79.5 Å². The second kappa shape index (κ2) is 4.49. The summed E-state index contributed by atoms with van der Waals surface area (Å²) < 4.78 is 0. The van der Waals surface area contributed by atoms with Crippen LogP contribution in [0.1, 0.15) is 56.1 Å². The lowest BCUT2D eigenvalue weighted by molar-refractivity contribution is 0.0938. The van der Waals surface area contributed by atoms with Gasteiger partial charge in [-0.15, -0.1) is 0 Å². The summed E-state index contributed by atoms with van der Waals surface area (Å²) in [5.41, 5.74) is 3.95. The average Bonchev–Trinajstić information content (AvgIpc) is 2.83. The van der Waals surface area contributed by atoms with Gasteiger partial charge in [0.1, 0.15) is 5.75 Å². The van der Waals surface area contributed by atoms with Crippen LogP contribution >= 0.6 is 0 Å². The molecule has 1 aromatic carbocycles. The molecule has 0 spiro atoms. The van der Waals surface area contributed by atoms with E-state index in [2.05, 4.69) is 18.1 Å². The lowest BCUT2D eigenvalue weighted by Gasteiger charge is -2.48. The van der Waals surface area contributed by atoms with Crippen molar-refractivity contribution in [1.29, 1.82) is 0 Å². The molecule has 0 aliphatic heterocycles. The van der Waals surface area contributed by atoms with Crippen molar-refractivity contribution >= 4 is 5.71 Å². The summed E-state index contributed by atoms with van der Waals surface area (Å²) in [5.74, 6) is 2.39. The summed E-state index contributed by atoms with van der Waals surface area (Å²) in [6, 6.07) is 5.93. The molecule has 4 atom stereocenters. The summed E-state index contributed by atoms with van der Waals surface area (Å²) >= 11 is 0. The molecule has 2 fully saturated rings. The van der Waals surface area contributed by atoms with E-state index in [0.717, 1.165) is 25.0 Å². The number of rotatable bonds is 0. The Kier molecular flexibility index (Phi) is 2.82. The number of aryl methyl sites for hydroxylation is 1. The van der Waals surface area contributed by atoms with Crippen molar-refractivity contribution in [3.63, 3.8) is 0 Å². The molecule has 0 saturated heterocycles. The number of benzene rings is 1. The summed E-state index contributed by atoms with van der Waals surface area (Å²) in [6.45, 7) is 2.31. The van der Waals surface area contributed by atoms with Gasteiger partial charge in [0.15, 0.2) is 0 Å². The predicted molar refractivity (Wildman–Crippen MR) is 81.9 cm³/mol. The van der Waals surface area contributed by atoms with Crippen LogP contribution in [0.2, 0.25) is 0 Å². The maximum atomic E-state index is 9.70. The van der Waals surface area contributed by atoms with Crippen LogP contribution in [-0.4, -0.2) is 16.0 Å². The molecule has 2 N–H and O–H groups in total. The van der Waals surface area contributed by atoms with E-state index in [0.29, 0.717) is 23.5 Å². The first-order valence-corrected chi connectivity index (χ1v) is 8.16. The summed E-state index contributed by atoms with van der Waals surface area (Å²) in [5, 5.41) is 22.6. The van der Waals surface area contributed by atoms with Gasteiger partial charge in [-0.1, -0.05) is 18.1 Å². The Morgan fingerprint density at radius 3 is 2.86 bits per heavy atom. The van der Waals surface area contributed by atoms with Crippen LogP contribution in [-0.2, 0) is 6.42 Å². The Morgan fingerprint density at radius 2 is 2.05 bits per heavy atom. The van der Waals surface area contributed by atoms with E-state index in [4.69, 9.17) is 0 Å². The minimum Gasteiger partial charge on any atom is -0.508 e. The Balaban J connectivity index is 1.72. The maximum Gasteiger partial charge on any atom is 0.115 e. The lowest BCUT2D eigenvalue weighted by Crippen LogP contribution is -2.42. The molecule has 3 aliphatic rings. The first-order chi connectivity index (χ1) is 10.1. The van der Waals surface area contributed by atoms with Gasteiger partial charge in [-0.2, -0.15) is 0 Å². The van der Waals surface area contributed by atoms with Crippen molar-refractivity contribution in [3.8, 4) is 5.75 Å². The predicted octanol–water partition coefficient (Wildman–Crippen LogP) is 4.08. The molecular weight excluding hydrogens is 262 g/mol. The number of phenols is 1. The van der Waals surface area contributed by atoms with Crippen molar-refractivity contribution in [1.82, 2.24) is 0 Å².